The molecule has 1 heterocycles. The Labute approximate surface area is 137 Å². The molecule has 6 nitrogen and oxygen atoms in total. The van der Waals surface area contributed by atoms with Crippen molar-refractivity contribution in [1.82, 2.24) is 5.16 Å². The number of nitrogens with one attached hydrogen (secondary N) is 1. The maximum atomic E-state index is 12.3. The van der Waals surface area contributed by atoms with Gasteiger partial charge in [-0.15, -0.1) is 0 Å². The van der Waals surface area contributed by atoms with Crippen LogP contribution >= 0.6 is 11.6 Å². The van der Waals surface area contributed by atoms with E-state index >= 15 is 0 Å². The van der Waals surface area contributed by atoms with Crippen LogP contribution in [0.25, 0.3) is 11.0 Å². The number of sulfonamides is 1. The molecule has 2 aromatic carbocycles. The van der Waals surface area contributed by atoms with E-state index < -0.39 is 10.0 Å². The monoisotopic (exact) mass is 347 g/mol. The van der Waals surface area contributed by atoms with E-state index in [1.165, 1.54) is 18.2 Å². The Bertz CT molecular complexity index is 1020. The molecule has 0 spiro atoms. The number of rotatable bonds is 4. The standard InChI is InChI=1S/C15H10ClN3O3S/c16-11-6-5-10(8-17)13(7-11)19-23(20,21)9-14-12-3-1-2-4-15(12)22-18-14/h1-7,19H,9H2. The van der Waals surface area contributed by atoms with Crippen LogP contribution in [0.2, 0.25) is 5.02 Å². The van der Waals surface area contributed by atoms with Crippen LogP contribution in [0.1, 0.15) is 11.3 Å². The van der Waals surface area contributed by atoms with Crippen LogP contribution in [-0.4, -0.2) is 13.6 Å². The molecule has 0 radical (unpaired) electrons. The molecule has 0 fully saturated rings. The summed E-state index contributed by atoms with van der Waals surface area (Å²) in [6.45, 7) is 0. The summed E-state index contributed by atoms with van der Waals surface area (Å²) in [5, 5.41) is 13.8. The van der Waals surface area contributed by atoms with E-state index in [-0.39, 0.29) is 17.0 Å². The van der Waals surface area contributed by atoms with E-state index in [2.05, 4.69) is 9.88 Å². The van der Waals surface area contributed by atoms with E-state index in [4.69, 9.17) is 21.4 Å². The summed E-state index contributed by atoms with van der Waals surface area (Å²) in [5.74, 6) is -0.374. The van der Waals surface area contributed by atoms with Crippen molar-refractivity contribution < 1.29 is 12.9 Å². The fourth-order valence-electron chi connectivity index (χ4n) is 2.12. The molecule has 116 valence electrons. The number of halogens is 1. The summed E-state index contributed by atoms with van der Waals surface area (Å²) in [5.41, 5.74) is 1.13. The van der Waals surface area contributed by atoms with Crippen molar-refractivity contribution in [3.8, 4) is 6.07 Å². The number of hydrogen-bond donors (Lipinski definition) is 1. The van der Waals surface area contributed by atoms with Gasteiger partial charge in [0.1, 0.15) is 17.5 Å². The van der Waals surface area contributed by atoms with Gasteiger partial charge in [0.2, 0.25) is 10.0 Å². The fraction of sp³-hybridized carbons (Fsp3) is 0.0667. The van der Waals surface area contributed by atoms with E-state index in [0.717, 1.165) is 0 Å². The zero-order valence-electron chi connectivity index (χ0n) is 11.7. The molecule has 0 bridgehead atoms. The molecule has 3 aromatic rings. The van der Waals surface area contributed by atoms with Crippen LogP contribution in [0.4, 0.5) is 5.69 Å². The zero-order valence-corrected chi connectivity index (χ0v) is 13.2. The Hall–Kier alpha value is -2.56. The molecular formula is C15H10ClN3O3S. The third kappa shape index (κ3) is 3.28. The van der Waals surface area contributed by atoms with Crippen molar-refractivity contribution >= 4 is 38.3 Å². The topological polar surface area (TPSA) is 96.0 Å². The Balaban J connectivity index is 1.91. The molecule has 23 heavy (non-hydrogen) atoms. The van der Waals surface area contributed by atoms with Gasteiger partial charge in [-0.3, -0.25) is 4.72 Å². The van der Waals surface area contributed by atoms with Gasteiger partial charge in [-0.2, -0.15) is 5.26 Å². The number of hydrogen-bond acceptors (Lipinski definition) is 5. The van der Waals surface area contributed by atoms with Crippen LogP contribution in [0.15, 0.2) is 47.0 Å². The van der Waals surface area contributed by atoms with Gasteiger partial charge in [0.25, 0.3) is 0 Å². The number of nitrogens with zero attached hydrogens (tertiary/aromatic N) is 2. The summed E-state index contributed by atoms with van der Waals surface area (Å²) in [6.07, 6.45) is 0. The minimum absolute atomic E-state index is 0.132. The van der Waals surface area contributed by atoms with Crippen LogP contribution in [0, 0.1) is 11.3 Å². The van der Waals surface area contributed by atoms with Crippen molar-refractivity contribution in [3.05, 3.63) is 58.7 Å². The number of fused-ring (bicyclic) bond motifs is 1. The number of anilines is 1. The quantitative estimate of drug-likeness (QED) is 0.781. The van der Waals surface area contributed by atoms with E-state index in [0.29, 0.717) is 21.7 Å². The largest absolute Gasteiger partial charge is 0.356 e. The maximum Gasteiger partial charge on any atom is 0.238 e. The lowest BCUT2D eigenvalue weighted by atomic mass is 10.2. The third-order valence-corrected chi connectivity index (χ3v) is 4.57. The number of para-hydroxylation sites is 1. The van der Waals surface area contributed by atoms with Crippen LogP contribution in [-0.2, 0) is 15.8 Å². The van der Waals surface area contributed by atoms with Crippen molar-refractivity contribution in [1.29, 1.82) is 5.26 Å². The molecule has 1 aromatic heterocycles. The predicted octanol–water partition coefficient (Wildman–Crippen LogP) is 3.29. The first-order valence-electron chi connectivity index (χ1n) is 6.52. The lowest BCUT2D eigenvalue weighted by Crippen LogP contribution is -2.16. The summed E-state index contributed by atoms with van der Waals surface area (Å²) < 4.78 is 32.1. The normalized spacial score (nSPS) is 11.3. The Morgan fingerprint density at radius 3 is 2.83 bits per heavy atom. The van der Waals surface area contributed by atoms with Gasteiger partial charge in [0.15, 0.2) is 5.58 Å². The molecule has 0 atom stereocenters. The lowest BCUT2D eigenvalue weighted by Gasteiger charge is -2.08. The molecule has 0 unspecified atom stereocenters. The second-order valence-electron chi connectivity index (χ2n) is 4.79. The molecule has 0 amide bonds. The fourth-order valence-corrected chi connectivity index (χ4v) is 3.44. The highest BCUT2D eigenvalue weighted by Gasteiger charge is 2.19. The smallest absolute Gasteiger partial charge is 0.238 e. The molecular weight excluding hydrogens is 338 g/mol. The van der Waals surface area contributed by atoms with E-state index in [1.54, 1.807) is 24.3 Å². The van der Waals surface area contributed by atoms with Crippen LogP contribution < -0.4 is 4.72 Å². The average Bonchev–Trinajstić information content (AvgIpc) is 2.90. The average molecular weight is 348 g/mol. The lowest BCUT2D eigenvalue weighted by molar-refractivity contribution is 0.448. The van der Waals surface area contributed by atoms with Crippen LogP contribution in [0.5, 0.6) is 0 Å². The molecule has 0 aliphatic heterocycles. The first kappa shape index (κ1) is 15.3. The molecule has 3 rings (SSSR count). The van der Waals surface area contributed by atoms with E-state index in [1.807, 2.05) is 6.07 Å². The highest BCUT2D eigenvalue weighted by Crippen LogP contribution is 2.24. The maximum absolute atomic E-state index is 12.3. The van der Waals surface area contributed by atoms with Gasteiger partial charge in [-0.25, -0.2) is 8.42 Å². The first-order valence-corrected chi connectivity index (χ1v) is 8.55. The molecule has 8 heteroatoms. The summed E-state index contributed by atoms with van der Waals surface area (Å²) in [4.78, 5) is 0. The van der Waals surface area contributed by atoms with Crippen molar-refractivity contribution in [2.24, 2.45) is 0 Å². The predicted molar refractivity (Wildman–Crippen MR) is 86.4 cm³/mol. The van der Waals surface area contributed by atoms with Gasteiger partial charge in [-0.1, -0.05) is 28.9 Å². The van der Waals surface area contributed by atoms with Gasteiger partial charge >= 0.3 is 0 Å². The Morgan fingerprint density at radius 2 is 2.04 bits per heavy atom. The summed E-state index contributed by atoms with van der Waals surface area (Å²) in [7, 11) is -3.78. The Kier molecular flexibility index (Phi) is 3.94. The third-order valence-electron chi connectivity index (χ3n) is 3.15. The highest BCUT2D eigenvalue weighted by atomic mass is 35.5. The molecule has 0 saturated heterocycles. The molecule has 0 aliphatic carbocycles. The minimum Gasteiger partial charge on any atom is -0.356 e. The van der Waals surface area contributed by atoms with Crippen molar-refractivity contribution in [2.45, 2.75) is 5.75 Å². The second kappa shape index (κ2) is 5.91. The second-order valence-corrected chi connectivity index (χ2v) is 6.95. The summed E-state index contributed by atoms with van der Waals surface area (Å²) >= 11 is 5.85. The highest BCUT2D eigenvalue weighted by molar-refractivity contribution is 7.91. The van der Waals surface area contributed by atoms with Gasteiger partial charge < -0.3 is 4.52 Å². The zero-order chi connectivity index (χ0) is 16.4. The number of aromatic nitrogens is 1. The Morgan fingerprint density at radius 1 is 1.26 bits per heavy atom. The first-order chi connectivity index (χ1) is 11.0. The SMILES string of the molecule is N#Cc1ccc(Cl)cc1NS(=O)(=O)Cc1noc2ccccc12. The van der Waals surface area contributed by atoms with Crippen molar-refractivity contribution in [2.75, 3.05) is 4.72 Å². The van der Waals surface area contributed by atoms with Gasteiger partial charge in [0.05, 0.1) is 11.3 Å². The van der Waals surface area contributed by atoms with E-state index in [9.17, 15) is 8.42 Å². The molecule has 0 aliphatic rings. The number of benzene rings is 2. The van der Waals surface area contributed by atoms with Crippen molar-refractivity contribution in [3.63, 3.8) is 0 Å². The minimum atomic E-state index is -3.78. The summed E-state index contributed by atoms with van der Waals surface area (Å²) in [6, 6.07) is 13.3. The molecule has 1 N–H and O–H groups in total. The van der Waals surface area contributed by atoms with Crippen LogP contribution in [0.3, 0.4) is 0 Å². The number of nitriles is 1. The van der Waals surface area contributed by atoms with Gasteiger partial charge in [0, 0.05) is 10.4 Å². The molecule has 0 saturated carbocycles. The van der Waals surface area contributed by atoms with Gasteiger partial charge in [-0.05, 0) is 30.3 Å².